The van der Waals surface area contributed by atoms with E-state index in [4.69, 9.17) is 9.47 Å². The van der Waals surface area contributed by atoms with Crippen molar-refractivity contribution in [2.24, 2.45) is 0 Å². The molecule has 0 spiro atoms. The minimum Gasteiger partial charge on any atom is -0.507 e. The fraction of sp³-hybridized carbons (Fsp3) is 0.172. The van der Waals surface area contributed by atoms with Gasteiger partial charge in [0.25, 0.3) is 0 Å². The number of hydrogen-bond donors (Lipinski definition) is 2. The average Bonchev–Trinajstić information content (AvgIpc) is 3.54. The molecule has 0 saturated heterocycles. The molecule has 2 N–H and O–H groups in total. The highest BCUT2D eigenvalue weighted by Gasteiger charge is 2.32. The molecule has 0 unspecified atom stereocenters. The molecule has 8 aromatic rings. The predicted molar refractivity (Wildman–Crippen MR) is 296 cm³/mol. The third-order valence-corrected chi connectivity index (χ3v) is 23.9. The van der Waals surface area contributed by atoms with Gasteiger partial charge in [-0.1, -0.05) is 76.2 Å². The maximum atomic E-state index is 14.5. The maximum Gasteiger partial charge on any atom is 0.210 e. The third kappa shape index (κ3) is 11.6. The van der Waals surface area contributed by atoms with Gasteiger partial charge in [-0.2, -0.15) is 0 Å². The van der Waals surface area contributed by atoms with E-state index in [0.717, 1.165) is 95.1 Å². The molecule has 16 nitrogen and oxygen atoms in total. The number of benzene rings is 8. The molecule has 0 aliphatic rings. The molecular formula is C58H54O16S6. The number of aryl methyl sites for hydroxylation is 4. The van der Waals surface area contributed by atoms with Crippen LogP contribution in [0, 0.1) is 0 Å². The Hall–Kier alpha value is -7.34. The highest BCUT2D eigenvalue weighted by atomic mass is 32.2. The lowest BCUT2D eigenvalue weighted by Gasteiger charge is -2.17. The van der Waals surface area contributed by atoms with Crippen molar-refractivity contribution < 1.29 is 70.2 Å². The van der Waals surface area contributed by atoms with Gasteiger partial charge in [-0.05, 0) is 169 Å². The first-order chi connectivity index (χ1) is 37.8. The van der Waals surface area contributed by atoms with E-state index in [1.807, 2.05) is 27.7 Å². The van der Waals surface area contributed by atoms with E-state index in [0.29, 0.717) is 25.7 Å². The van der Waals surface area contributed by atoms with Gasteiger partial charge in [0.1, 0.15) is 55.8 Å². The zero-order valence-corrected chi connectivity index (χ0v) is 48.4. The largest absolute Gasteiger partial charge is 0.507 e. The molecule has 0 saturated carbocycles. The van der Waals surface area contributed by atoms with Crippen molar-refractivity contribution in [2.45, 2.75) is 112 Å². The van der Waals surface area contributed by atoms with Crippen LogP contribution < -0.4 is 9.47 Å². The van der Waals surface area contributed by atoms with E-state index < -0.39 is 123 Å². The highest BCUT2D eigenvalue weighted by Crippen LogP contribution is 2.39. The molecule has 0 heterocycles. The highest BCUT2D eigenvalue weighted by molar-refractivity contribution is 7.93. The first kappa shape index (κ1) is 58.8. The quantitative estimate of drug-likeness (QED) is 0.0634. The maximum absolute atomic E-state index is 14.5. The van der Waals surface area contributed by atoms with Gasteiger partial charge < -0.3 is 19.7 Å². The Morgan fingerprint density at radius 1 is 0.275 bits per heavy atom. The Kier molecular flexibility index (Phi) is 16.9. The lowest BCUT2D eigenvalue weighted by atomic mass is 10.2. The van der Waals surface area contributed by atoms with Crippen LogP contribution in [0.15, 0.2) is 229 Å². The van der Waals surface area contributed by atoms with E-state index in [-0.39, 0.29) is 31.1 Å². The smallest absolute Gasteiger partial charge is 0.210 e. The molecule has 0 aliphatic heterocycles. The van der Waals surface area contributed by atoms with Crippen LogP contribution in [-0.2, 0) is 84.7 Å². The van der Waals surface area contributed by atoms with Crippen LogP contribution in [0.4, 0.5) is 0 Å². The number of phenols is 2. The molecular weight excluding hydrogens is 1150 g/mol. The third-order valence-electron chi connectivity index (χ3n) is 13.3. The number of sulfone groups is 6. The second kappa shape index (κ2) is 23.0. The van der Waals surface area contributed by atoms with Crippen LogP contribution in [-0.4, -0.2) is 73.9 Å². The minimum absolute atomic E-state index is 0.206. The normalized spacial score (nSPS) is 12.5. The molecule has 0 fully saturated rings. The summed E-state index contributed by atoms with van der Waals surface area (Å²) in [6.45, 7) is 6.45. The monoisotopic (exact) mass is 1200 g/mol. The van der Waals surface area contributed by atoms with E-state index in [2.05, 4.69) is 0 Å². The molecule has 80 heavy (non-hydrogen) atoms. The van der Waals surface area contributed by atoms with Crippen LogP contribution >= 0.6 is 0 Å². The van der Waals surface area contributed by atoms with Gasteiger partial charge >= 0.3 is 0 Å². The second-order valence-corrected chi connectivity index (χ2v) is 29.8. The Labute approximate surface area is 466 Å². The van der Waals surface area contributed by atoms with Gasteiger partial charge in [0.15, 0.2) is 0 Å². The predicted octanol–water partition coefficient (Wildman–Crippen LogP) is 9.80. The van der Waals surface area contributed by atoms with E-state index >= 15 is 0 Å². The zero-order chi connectivity index (χ0) is 58.0. The number of rotatable bonds is 21. The van der Waals surface area contributed by atoms with E-state index in [1.165, 1.54) is 48.5 Å². The lowest BCUT2D eigenvalue weighted by molar-refractivity contribution is 0.210. The van der Waals surface area contributed by atoms with Gasteiger partial charge in [-0.15, -0.1) is 0 Å². The van der Waals surface area contributed by atoms with E-state index in [9.17, 15) is 60.7 Å². The molecule has 8 aromatic carbocycles. The second-order valence-electron chi connectivity index (χ2n) is 18.2. The topological polar surface area (TPSA) is 264 Å². The zero-order valence-electron chi connectivity index (χ0n) is 43.5. The Morgan fingerprint density at radius 3 is 0.738 bits per heavy atom. The molecule has 0 amide bonds. The fourth-order valence-corrected chi connectivity index (χ4v) is 16.9. The SMILES string of the molecule is CCc1ccc(S(=O)(=O)c2cc(S(=O)(=O)c3ccc(OCCOc4ccc(S(=O)(=O)c5ccc(O)c(S(=O)(=O)c6ccc(CC)cc6)c5)cc4S(=O)(=O)c4ccc(CC)cc4)c(S(=O)(=O)c4ccc(CC)cc4)c3)ccc2O)cc1. The van der Waals surface area contributed by atoms with Crippen molar-refractivity contribution >= 4 is 59.0 Å². The molecule has 0 atom stereocenters. The summed E-state index contributed by atoms with van der Waals surface area (Å²) in [5.41, 5.74) is 3.27. The fourth-order valence-electron chi connectivity index (χ4n) is 8.42. The summed E-state index contributed by atoms with van der Waals surface area (Å²) in [6.07, 6.45) is 2.38. The Bertz CT molecular complexity index is 4070. The summed E-state index contributed by atoms with van der Waals surface area (Å²) in [5.74, 6) is -2.18. The van der Waals surface area contributed by atoms with Crippen molar-refractivity contribution in [3.8, 4) is 23.0 Å². The van der Waals surface area contributed by atoms with Crippen LogP contribution in [0.2, 0.25) is 0 Å². The van der Waals surface area contributed by atoms with Gasteiger partial charge in [-0.3, -0.25) is 0 Å². The molecule has 22 heteroatoms. The Balaban J connectivity index is 1.13. The van der Waals surface area contributed by atoms with Crippen molar-refractivity contribution in [1.82, 2.24) is 0 Å². The molecule has 0 aliphatic carbocycles. The molecule has 8 rings (SSSR count). The Morgan fingerprint density at radius 2 is 0.487 bits per heavy atom. The number of phenolic OH excluding ortho intramolecular Hbond substituents is 2. The summed E-state index contributed by atoms with van der Waals surface area (Å²) in [6, 6.07) is 34.6. The number of hydrogen-bond acceptors (Lipinski definition) is 16. The minimum atomic E-state index is -4.75. The summed E-state index contributed by atoms with van der Waals surface area (Å²) in [5, 5.41) is 21.5. The standard InChI is InChI=1S/C58H54O16S6/c1-5-39-9-17-43(18-10-39)77(65,66)55-35-47(25-29-51(55)59)75(61,62)49-27-31-53(57(37-49)79(69,70)45-21-13-41(7-3)14-22-45)73-33-34-74-54-32-28-50(38-58(54)80(71,72)46-23-15-42(8-4)16-24-46)76(63,64)48-26-30-52(60)56(36-48)78(67,68)44-19-11-40(6-2)12-20-44/h9-32,35-38,59-60H,5-8,33-34H2,1-4H3. The van der Waals surface area contributed by atoms with Crippen molar-refractivity contribution in [2.75, 3.05) is 13.2 Å². The molecule has 418 valence electrons. The van der Waals surface area contributed by atoms with Crippen LogP contribution in [0.3, 0.4) is 0 Å². The van der Waals surface area contributed by atoms with Crippen molar-refractivity contribution in [3.63, 3.8) is 0 Å². The molecule has 0 radical (unpaired) electrons. The molecule has 0 aromatic heterocycles. The van der Waals surface area contributed by atoms with Gasteiger partial charge in [-0.25, -0.2) is 50.5 Å². The summed E-state index contributed by atoms with van der Waals surface area (Å²) in [4.78, 5) is -5.90. The first-order valence-corrected chi connectivity index (χ1v) is 33.8. The van der Waals surface area contributed by atoms with E-state index in [1.54, 1.807) is 48.5 Å². The van der Waals surface area contributed by atoms with Gasteiger partial charge in [0.2, 0.25) is 59.0 Å². The molecule has 0 bridgehead atoms. The van der Waals surface area contributed by atoms with Crippen molar-refractivity contribution in [1.29, 1.82) is 0 Å². The summed E-state index contributed by atoms with van der Waals surface area (Å²) >= 11 is 0. The summed E-state index contributed by atoms with van der Waals surface area (Å²) < 4.78 is 182. The van der Waals surface area contributed by atoms with Gasteiger partial charge in [0.05, 0.1) is 39.2 Å². The van der Waals surface area contributed by atoms with Crippen LogP contribution in [0.5, 0.6) is 23.0 Å². The first-order valence-electron chi connectivity index (χ1n) is 24.9. The van der Waals surface area contributed by atoms with Crippen molar-refractivity contribution in [3.05, 3.63) is 192 Å². The summed E-state index contributed by atoms with van der Waals surface area (Å²) in [7, 11) is -27.6. The van der Waals surface area contributed by atoms with Crippen LogP contribution in [0.25, 0.3) is 0 Å². The average molecular weight is 1200 g/mol. The van der Waals surface area contributed by atoms with Gasteiger partial charge in [0, 0.05) is 0 Å². The van der Waals surface area contributed by atoms with Crippen LogP contribution in [0.1, 0.15) is 49.9 Å². The lowest BCUT2D eigenvalue weighted by Crippen LogP contribution is -2.15. The number of aromatic hydroxyl groups is 2. The number of ether oxygens (including phenoxy) is 2.